The van der Waals surface area contributed by atoms with Gasteiger partial charge in [0.1, 0.15) is 0 Å². The molecule has 0 spiro atoms. The van der Waals surface area contributed by atoms with Crippen LogP contribution in [0.15, 0.2) is 4.47 Å². The average Bonchev–Trinajstić information content (AvgIpc) is 2.46. The standard InChI is InChI=1S/C10H14BrNS/c1-12-6-9-10(11)7-4-2-3-5-8(7)13-9/h12H,2-6H2,1H3. The Morgan fingerprint density at radius 1 is 1.38 bits per heavy atom. The Hall–Kier alpha value is 0.140. The Morgan fingerprint density at radius 3 is 2.85 bits per heavy atom. The number of rotatable bonds is 2. The second-order valence-electron chi connectivity index (χ2n) is 3.48. The van der Waals surface area contributed by atoms with Crippen LogP contribution in [0.2, 0.25) is 0 Å². The predicted octanol–water partition coefficient (Wildman–Crippen LogP) is 3.11. The lowest BCUT2D eigenvalue weighted by Crippen LogP contribution is -2.03. The fourth-order valence-electron chi connectivity index (χ4n) is 1.86. The van der Waals surface area contributed by atoms with Crippen molar-refractivity contribution in [1.29, 1.82) is 0 Å². The summed E-state index contributed by atoms with van der Waals surface area (Å²) in [6, 6.07) is 0. The molecule has 1 heterocycles. The van der Waals surface area contributed by atoms with E-state index in [0.717, 1.165) is 6.54 Å². The molecular weight excluding hydrogens is 246 g/mol. The van der Waals surface area contributed by atoms with Crippen LogP contribution in [-0.4, -0.2) is 7.05 Å². The van der Waals surface area contributed by atoms with Gasteiger partial charge in [-0.15, -0.1) is 11.3 Å². The van der Waals surface area contributed by atoms with E-state index in [1.54, 1.807) is 10.4 Å². The molecule has 2 rings (SSSR count). The molecule has 1 aromatic rings. The molecule has 0 amide bonds. The van der Waals surface area contributed by atoms with Crippen molar-refractivity contribution in [3.05, 3.63) is 19.8 Å². The highest BCUT2D eigenvalue weighted by atomic mass is 79.9. The van der Waals surface area contributed by atoms with Crippen LogP contribution >= 0.6 is 27.3 Å². The molecule has 0 unspecified atom stereocenters. The third kappa shape index (κ3) is 1.83. The number of hydrogen-bond donors (Lipinski definition) is 1. The second kappa shape index (κ2) is 4.11. The molecule has 0 aliphatic heterocycles. The van der Waals surface area contributed by atoms with Crippen molar-refractivity contribution in [3.63, 3.8) is 0 Å². The molecule has 0 atom stereocenters. The molecule has 1 N–H and O–H groups in total. The number of halogens is 1. The van der Waals surface area contributed by atoms with Gasteiger partial charge in [-0.2, -0.15) is 0 Å². The molecule has 0 bridgehead atoms. The lowest BCUT2D eigenvalue weighted by atomic mass is 9.99. The Kier molecular flexibility index (Phi) is 3.06. The minimum Gasteiger partial charge on any atom is -0.315 e. The minimum atomic E-state index is 0.998. The van der Waals surface area contributed by atoms with E-state index in [1.165, 1.54) is 35.0 Å². The third-order valence-corrected chi connectivity index (χ3v) is 5.02. The van der Waals surface area contributed by atoms with Gasteiger partial charge in [-0.3, -0.25) is 0 Å². The molecule has 0 saturated heterocycles. The van der Waals surface area contributed by atoms with Gasteiger partial charge in [0.05, 0.1) is 0 Å². The highest BCUT2D eigenvalue weighted by Crippen LogP contribution is 2.37. The lowest BCUT2D eigenvalue weighted by Gasteiger charge is -2.09. The topological polar surface area (TPSA) is 12.0 Å². The summed E-state index contributed by atoms with van der Waals surface area (Å²) >= 11 is 5.69. The summed E-state index contributed by atoms with van der Waals surface area (Å²) in [5.74, 6) is 0. The molecule has 13 heavy (non-hydrogen) atoms. The molecule has 72 valence electrons. The van der Waals surface area contributed by atoms with Crippen molar-refractivity contribution in [3.8, 4) is 0 Å². The van der Waals surface area contributed by atoms with Gasteiger partial charge < -0.3 is 5.32 Å². The molecule has 0 radical (unpaired) electrons. The van der Waals surface area contributed by atoms with Crippen molar-refractivity contribution in [2.75, 3.05) is 7.05 Å². The van der Waals surface area contributed by atoms with Gasteiger partial charge in [0.15, 0.2) is 0 Å². The van der Waals surface area contributed by atoms with Crippen molar-refractivity contribution in [2.24, 2.45) is 0 Å². The highest BCUT2D eigenvalue weighted by molar-refractivity contribution is 9.10. The number of hydrogen-bond acceptors (Lipinski definition) is 2. The van der Waals surface area contributed by atoms with E-state index < -0.39 is 0 Å². The molecule has 3 heteroatoms. The van der Waals surface area contributed by atoms with Crippen LogP contribution in [-0.2, 0) is 19.4 Å². The SMILES string of the molecule is CNCc1sc2c(c1Br)CCCC2. The summed E-state index contributed by atoms with van der Waals surface area (Å²) in [7, 11) is 2.01. The van der Waals surface area contributed by atoms with E-state index in [9.17, 15) is 0 Å². The smallest absolute Gasteiger partial charge is 0.0362 e. The largest absolute Gasteiger partial charge is 0.315 e. The first-order valence-corrected chi connectivity index (χ1v) is 6.37. The number of nitrogens with one attached hydrogen (secondary N) is 1. The number of aryl methyl sites for hydroxylation is 1. The fraction of sp³-hybridized carbons (Fsp3) is 0.600. The summed E-state index contributed by atoms with van der Waals surface area (Å²) < 4.78 is 1.38. The fourth-order valence-corrected chi connectivity index (χ4v) is 4.11. The summed E-state index contributed by atoms with van der Waals surface area (Å²) in [5, 5.41) is 3.21. The van der Waals surface area contributed by atoms with E-state index in [2.05, 4.69) is 21.2 Å². The van der Waals surface area contributed by atoms with Gasteiger partial charge >= 0.3 is 0 Å². The van der Waals surface area contributed by atoms with E-state index >= 15 is 0 Å². The van der Waals surface area contributed by atoms with Gasteiger partial charge in [0, 0.05) is 20.8 Å². The van der Waals surface area contributed by atoms with Crippen LogP contribution in [0.1, 0.15) is 28.2 Å². The molecule has 0 fully saturated rings. The maximum Gasteiger partial charge on any atom is 0.0362 e. The average molecular weight is 260 g/mol. The minimum absolute atomic E-state index is 0.998. The van der Waals surface area contributed by atoms with Crippen molar-refractivity contribution >= 4 is 27.3 Å². The Bertz CT molecular complexity index is 306. The quantitative estimate of drug-likeness (QED) is 0.861. The van der Waals surface area contributed by atoms with Gasteiger partial charge in [-0.05, 0) is 54.2 Å². The highest BCUT2D eigenvalue weighted by Gasteiger charge is 2.18. The first kappa shape index (κ1) is 9.69. The number of thiophene rings is 1. The van der Waals surface area contributed by atoms with Gasteiger partial charge in [0.2, 0.25) is 0 Å². The zero-order valence-corrected chi connectivity index (χ0v) is 10.2. The van der Waals surface area contributed by atoms with E-state index in [-0.39, 0.29) is 0 Å². The zero-order chi connectivity index (χ0) is 9.26. The van der Waals surface area contributed by atoms with Gasteiger partial charge in [-0.25, -0.2) is 0 Å². The number of fused-ring (bicyclic) bond motifs is 1. The summed E-state index contributed by atoms with van der Waals surface area (Å²) in [6.07, 6.45) is 5.30. The van der Waals surface area contributed by atoms with E-state index in [0.29, 0.717) is 0 Å². The zero-order valence-electron chi connectivity index (χ0n) is 7.82. The molecule has 0 saturated carbocycles. The normalized spacial score (nSPS) is 15.8. The Morgan fingerprint density at radius 2 is 2.15 bits per heavy atom. The molecule has 1 nitrogen and oxygen atoms in total. The van der Waals surface area contributed by atoms with Crippen LogP contribution in [0.4, 0.5) is 0 Å². The van der Waals surface area contributed by atoms with Crippen LogP contribution in [0.25, 0.3) is 0 Å². The second-order valence-corrected chi connectivity index (χ2v) is 5.46. The van der Waals surface area contributed by atoms with Crippen molar-refractivity contribution in [1.82, 2.24) is 5.32 Å². The van der Waals surface area contributed by atoms with E-state index in [1.807, 2.05) is 18.4 Å². The van der Waals surface area contributed by atoms with Crippen molar-refractivity contribution in [2.45, 2.75) is 32.2 Å². The van der Waals surface area contributed by atoms with E-state index in [4.69, 9.17) is 0 Å². The lowest BCUT2D eigenvalue weighted by molar-refractivity contribution is 0.694. The van der Waals surface area contributed by atoms with Crippen LogP contribution in [0, 0.1) is 0 Å². The predicted molar refractivity (Wildman–Crippen MR) is 61.4 cm³/mol. The summed E-state index contributed by atoms with van der Waals surface area (Å²) in [6.45, 7) is 0.998. The summed E-state index contributed by atoms with van der Waals surface area (Å²) in [4.78, 5) is 3.08. The molecular formula is C10H14BrNS. The Balaban J connectivity index is 2.33. The Labute approximate surface area is 91.7 Å². The molecule has 1 aliphatic rings. The maximum atomic E-state index is 3.71. The van der Waals surface area contributed by atoms with Gasteiger partial charge in [-0.1, -0.05) is 0 Å². The van der Waals surface area contributed by atoms with Crippen LogP contribution in [0.3, 0.4) is 0 Å². The molecule has 0 aromatic carbocycles. The maximum absolute atomic E-state index is 3.71. The molecule has 1 aromatic heterocycles. The van der Waals surface area contributed by atoms with Crippen LogP contribution in [0.5, 0.6) is 0 Å². The van der Waals surface area contributed by atoms with Crippen molar-refractivity contribution < 1.29 is 0 Å². The van der Waals surface area contributed by atoms with Crippen LogP contribution < -0.4 is 5.32 Å². The summed E-state index contributed by atoms with van der Waals surface area (Å²) in [5.41, 5.74) is 1.58. The molecule has 1 aliphatic carbocycles. The first-order chi connectivity index (χ1) is 6.33. The monoisotopic (exact) mass is 259 g/mol. The first-order valence-electron chi connectivity index (χ1n) is 4.76. The van der Waals surface area contributed by atoms with Gasteiger partial charge in [0.25, 0.3) is 0 Å². The third-order valence-electron chi connectivity index (χ3n) is 2.51.